The van der Waals surface area contributed by atoms with Gasteiger partial charge in [0.15, 0.2) is 5.82 Å². The van der Waals surface area contributed by atoms with E-state index in [0.29, 0.717) is 5.82 Å². The quantitative estimate of drug-likeness (QED) is 0.186. The monoisotopic (exact) mass is 649 g/mol. The van der Waals surface area contributed by atoms with Gasteiger partial charge in [0.2, 0.25) is 0 Å². The highest BCUT2D eigenvalue weighted by Crippen LogP contribution is 2.39. The van der Waals surface area contributed by atoms with Gasteiger partial charge in [0.1, 0.15) is 5.82 Å². The molecule has 238 valence electrons. The Morgan fingerprint density at radius 3 is 1.63 bits per heavy atom. The van der Waals surface area contributed by atoms with E-state index in [1.165, 1.54) is 54.6 Å². The third-order valence-electron chi connectivity index (χ3n) is 9.98. The summed E-state index contributed by atoms with van der Waals surface area (Å²) >= 11 is 0. The van der Waals surface area contributed by atoms with E-state index in [1.807, 2.05) is 24.3 Å². The van der Waals surface area contributed by atoms with Gasteiger partial charge >= 0.3 is 0 Å². The summed E-state index contributed by atoms with van der Waals surface area (Å²) < 4.78 is 2.30. The Balaban J connectivity index is 1.14. The van der Waals surface area contributed by atoms with E-state index in [4.69, 9.17) is 9.97 Å². The summed E-state index contributed by atoms with van der Waals surface area (Å²) in [5.74, 6) is 1.55. The van der Waals surface area contributed by atoms with E-state index in [9.17, 15) is 0 Å². The van der Waals surface area contributed by atoms with Crippen LogP contribution in [0, 0.1) is 0 Å². The second-order valence-electron chi connectivity index (χ2n) is 13.1. The van der Waals surface area contributed by atoms with Crippen LogP contribution in [0.15, 0.2) is 188 Å². The van der Waals surface area contributed by atoms with E-state index in [0.717, 1.165) is 33.7 Å². The van der Waals surface area contributed by atoms with Crippen molar-refractivity contribution in [3.63, 3.8) is 0 Å². The number of fused-ring (bicyclic) bond motifs is 6. The highest BCUT2D eigenvalue weighted by atomic mass is 15.1. The van der Waals surface area contributed by atoms with Gasteiger partial charge in [0.05, 0.1) is 16.7 Å². The molecule has 0 spiro atoms. The van der Waals surface area contributed by atoms with Crippen LogP contribution < -0.4 is 0 Å². The normalized spacial score (nSPS) is 11.5. The Morgan fingerprint density at radius 1 is 0.333 bits per heavy atom. The molecule has 0 bridgehead atoms. The van der Waals surface area contributed by atoms with Crippen molar-refractivity contribution in [3.8, 4) is 50.7 Å². The van der Waals surface area contributed by atoms with Gasteiger partial charge in [-0.05, 0) is 74.1 Å². The summed E-state index contributed by atoms with van der Waals surface area (Å²) in [6.07, 6.45) is 0. The first kappa shape index (κ1) is 29.1. The minimum Gasteiger partial charge on any atom is -0.294 e. The molecule has 51 heavy (non-hydrogen) atoms. The van der Waals surface area contributed by atoms with Crippen molar-refractivity contribution in [2.75, 3.05) is 0 Å². The van der Waals surface area contributed by atoms with Crippen LogP contribution in [0.25, 0.3) is 94.1 Å². The number of hydrogen-bond donors (Lipinski definition) is 0. The number of benzene rings is 8. The second-order valence-corrected chi connectivity index (χ2v) is 13.1. The van der Waals surface area contributed by atoms with Crippen LogP contribution >= 0.6 is 0 Å². The van der Waals surface area contributed by atoms with Gasteiger partial charge in [-0.2, -0.15) is 0 Å². The fourth-order valence-corrected chi connectivity index (χ4v) is 7.48. The standard InChI is InChI=1S/C48H31N3/c1-4-12-32(13-5-1)36-22-20-33-21-23-37(30-40(33)29-36)38-24-26-41-39(28-38)25-27-45-47(41)42-18-10-11-19-44(42)51(45)46-31-43(34-14-6-2-7-15-34)49-48(50-46)35-16-8-3-9-17-35/h1-31H. The Morgan fingerprint density at radius 2 is 0.902 bits per heavy atom. The third kappa shape index (κ3) is 5.06. The van der Waals surface area contributed by atoms with Gasteiger partial charge in [-0.1, -0.05) is 152 Å². The minimum atomic E-state index is 0.703. The summed E-state index contributed by atoms with van der Waals surface area (Å²) in [7, 11) is 0. The van der Waals surface area contributed by atoms with E-state index >= 15 is 0 Å². The lowest BCUT2D eigenvalue weighted by molar-refractivity contribution is 1.05. The molecule has 0 saturated carbocycles. The summed E-state index contributed by atoms with van der Waals surface area (Å²) in [5.41, 5.74) is 10.0. The number of aromatic nitrogens is 3. The SMILES string of the molecule is c1ccc(-c2ccc3ccc(-c4ccc5c(ccc6c5c5ccccc5n6-c5cc(-c6ccccc6)nc(-c6ccccc6)n5)c4)cc3c2)cc1. The molecule has 0 aliphatic heterocycles. The maximum absolute atomic E-state index is 5.21. The molecule has 0 N–H and O–H groups in total. The lowest BCUT2D eigenvalue weighted by atomic mass is 9.95. The maximum atomic E-state index is 5.21. The lowest BCUT2D eigenvalue weighted by Crippen LogP contribution is -2.02. The minimum absolute atomic E-state index is 0.703. The molecule has 0 aliphatic rings. The highest BCUT2D eigenvalue weighted by Gasteiger charge is 2.18. The van der Waals surface area contributed by atoms with E-state index in [-0.39, 0.29) is 0 Å². The molecule has 3 heteroatoms. The molecule has 3 nitrogen and oxygen atoms in total. The van der Waals surface area contributed by atoms with Gasteiger partial charge < -0.3 is 0 Å². The number of nitrogens with zero attached hydrogens (tertiary/aromatic N) is 3. The Kier molecular flexibility index (Phi) is 6.81. The predicted molar refractivity (Wildman–Crippen MR) is 213 cm³/mol. The largest absolute Gasteiger partial charge is 0.294 e. The molecule has 0 fully saturated rings. The maximum Gasteiger partial charge on any atom is 0.162 e. The van der Waals surface area contributed by atoms with Crippen molar-refractivity contribution in [3.05, 3.63) is 188 Å². The van der Waals surface area contributed by atoms with Crippen molar-refractivity contribution in [2.45, 2.75) is 0 Å². The molecule has 0 amide bonds. The topological polar surface area (TPSA) is 30.7 Å². The molecule has 8 aromatic carbocycles. The van der Waals surface area contributed by atoms with Crippen LogP contribution in [0.4, 0.5) is 0 Å². The smallest absolute Gasteiger partial charge is 0.162 e. The molecular weight excluding hydrogens is 619 g/mol. The van der Waals surface area contributed by atoms with Gasteiger partial charge in [-0.25, -0.2) is 9.97 Å². The molecule has 2 heterocycles. The number of para-hydroxylation sites is 1. The Bertz CT molecular complexity index is 2830. The van der Waals surface area contributed by atoms with Crippen LogP contribution in [0.5, 0.6) is 0 Å². The molecule has 10 rings (SSSR count). The molecular formula is C48H31N3. The average molecular weight is 650 g/mol. The van der Waals surface area contributed by atoms with Crippen molar-refractivity contribution in [1.82, 2.24) is 14.5 Å². The Hall–Kier alpha value is -6.84. The van der Waals surface area contributed by atoms with Crippen LogP contribution in [-0.4, -0.2) is 14.5 Å². The Labute approximate surface area is 295 Å². The summed E-state index contributed by atoms with van der Waals surface area (Å²) in [4.78, 5) is 10.3. The summed E-state index contributed by atoms with van der Waals surface area (Å²) in [6.45, 7) is 0. The zero-order valence-corrected chi connectivity index (χ0v) is 27.7. The van der Waals surface area contributed by atoms with E-state index in [2.05, 4.69) is 168 Å². The fourth-order valence-electron chi connectivity index (χ4n) is 7.48. The summed E-state index contributed by atoms with van der Waals surface area (Å²) in [6, 6.07) is 66.9. The average Bonchev–Trinajstić information content (AvgIpc) is 3.56. The first-order valence-electron chi connectivity index (χ1n) is 17.3. The van der Waals surface area contributed by atoms with Crippen LogP contribution in [0.3, 0.4) is 0 Å². The highest BCUT2D eigenvalue weighted by molar-refractivity contribution is 6.21. The molecule has 0 aliphatic carbocycles. The van der Waals surface area contributed by atoms with Gasteiger partial charge in [0.25, 0.3) is 0 Å². The first-order chi connectivity index (χ1) is 25.3. The van der Waals surface area contributed by atoms with Crippen molar-refractivity contribution in [2.24, 2.45) is 0 Å². The van der Waals surface area contributed by atoms with Gasteiger partial charge in [-0.15, -0.1) is 0 Å². The molecule has 0 saturated heterocycles. The zero-order valence-electron chi connectivity index (χ0n) is 27.7. The number of rotatable bonds is 5. The van der Waals surface area contributed by atoms with E-state index in [1.54, 1.807) is 0 Å². The predicted octanol–water partition coefficient (Wildman–Crippen LogP) is 12.5. The number of hydrogen-bond acceptors (Lipinski definition) is 2. The second kappa shape index (κ2) is 11.9. The molecule has 0 radical (unpaired) electrons. The molecule has 10 aromatic rings. The molecule has 2 aromatic heterocycles. The zero-order chi connectivity index (χ0) is 33.7. The lowest BCUT2D eigenvalue weighted by Gasteiger charge is -2.12. The van der Waals surface area contributed by atoms with Crippen LogP contribution in [-0.2, 0) is 0 Å². The van der Waals surface area contributed by atoms with Crippen molar-refractivity contribution >= 4 is 43.4 Å². The van der Waals surface area contributed by atoms with Crippen molar-refractivity contribution < 1.29 is 0 Å². The van der Waals surface area contributed by atoms with Gasteiger partial charge in [0, 0.05) is 28.0 Å². The first-order valence-corrected chi connectivity index (χ1v) is 17.3. The van der Waals surface area contributed by atoms with Crippen LogP contribution in [0.1, 0.15) is 0 Å². The fraction of sp³-hybridized carbons (Fsp3) is 0. The van der Waals surface area contributed by atoms with E-state index < -0.39 is 0 Å². The van der Waals surface area contributed by atoms with Gasteiger partial charge in [-0.3, -0.25) is 4.57 Å². The molecule has 0 atom stereocenters. The van der Waals surface area contributed by atoms with Crippen LogP contribution in [0.2, 0.25) is 0 Å². The molecule has 0 unspecified atom stereocenters. The van der Waals surface area contributed by atoms with Crippen molar-refractivity contribution in [1.29, 1.82) is 0 Å². The third-order valence-corrected chi connectivity index (χ3v) is 9.98. The summed E-state index contributed by atoms with van der Waals surface area (Å²) in [5, 5.41) is 7.33.